The van der Waals surface area contributed by atoms with Crippen LogP contribution in [0.25, 0.3) is 22.0 Å². The van der Waals surface area contributed by atoms with Gasteiger partial charge in [-0.05, 0) is 35.4 Å². The van der Waals surface area contributed by atoms with Gasteiger partial charge in [-0.3, -0.25) is 14.7 Å². The zero-order valence-corrected chi connectivity index (χ0v) is 15.1. The van der Waals surface area contributed by atoms with Gasteiger partial charge in [0.1, 0.15) is 5.69 Å². The van der Waals surface area contributed by atoms with Crippen molar-refractivity contribution in [2.75, 3.05) is 12.4 Å². The largest absolute Gasteiger partial charge is 0.354 e. The van der Waals surface area contributed by atoms with Crippen molar-refractivity contribution >= 4 is 39.7 Å². The number of aromatic amines is 1. The number of fused-ring (bicyclic) bond motifs is 1. The number of amides is 2. The Morgan fingerprint density at radius 1 is 1.04 bits per heavy atom. The van der Waals surface area contributed by atoms with Gasteiger partial charge < -0.3 is 10.6 Å². The lowest BCUT2D eigenvalue weighted by molar-refractivity contribution is 0.0958. The summed E-state index contributed by atoms with van der Waals surface area (Å²) >= 11 is 1.38. The van der Waals surface area contributed by atoms with E-state index in [4.69, 9.17) is 0 Å². The Bertz CT molecular complexity index is 1120. The Hall–Kier alpha value is -3.52. The van der Waals surface area contributed by atoms with Gasteiger partial charge in [0.2, 0.25) is 0 Å². The van der Waals surface area contributed by atoms with Gasteiger partial charge in [0.05, 0.1) is 11.0 Å². The highest BCUT2D eigenvalue weighted by molar-refractivity contribution is 7.07. The van der Waals surface area contributed by atoms with E-state index in [-0.39, 0.29) is 11.8 Å². The number of aromatic nitrogens is 3. The first kappa shape index (κ1) is 16.9. The van der Waals surface area contributed by atoms with E-state index in [0.29, 0.717) is 17.1 Å². The molecule has 4 rings (SSSR count). The fourth-order valence-electron chi connectivity index (χ4n) is 2.76. The first-order valence-electron chi connectivity index (χ1n) is 8.16. The van der Waals surface area contributed by atoms with Gasteiger partial charge >= 0.3 is 0 Å². The molecule has 134 valence electrons. The molecular weight excluding hydrogens is 362 g/mol. The minimum Gasteiger partial charge on any atom is -0.354 e. The number of anilines is 1. The van der Waals surface area contributed by atoms with Crippen LogP contribution in [0.1, 0.15) is 21.0 Å². The number of hydrogen-bond donors (Lipinski definition) is 3. The monoisotopic (exact) mass is 377 g/mol. The smallest absolute Gasteiger partial charge is 0.275 e. The number of benzene rings is 2. The lowest BCUT2D eigenvalue weighted by Crippen LogP contribution is -2.18. The molecular formula is C19H15N5O2S. The van der Waals surface area contributed by atoms with Crippen LogP contribution in [-0.2, 0) is 0 Å². The van der Waals surface area contributed by atoms with Crippen molar-refractivity contribution in [3.8, 4) is 11.1 Å². The van der Waals surface area contributed by atoms with Gasteiger partial charge in [0, 0.05) is 23.5 Å². The molecule has 0 bridgehead atoms. The van der Waals surface area contributed by atoms with Crippen molar-refractivity contribution in [2.24, 2.45) is 0 Å². The molecule has 0 fully saturated rings. The number of rotatable bonds is 4. The van der Waals surface area contributed by atoms with E-state index in [2.05, 4.69) is 25.8 Å². The van der Waals surface area contributed by atoms with Gasteiger partial charge in [0.15, 0.2) is 5.69 Å². The third-order valence-electron chi connectivity index (χ3n) is 4.15. The number of thiazole rings is 1. The molecule has 2 aromatic heterocycles. The van der Waals surface area contributed by atoms with Crippen molar-refractivity contribution in [3.63, 3.8) is 0 Å². The Morgan fingerprint density at radius 2 is 1.81 bits per heavy atom. The summed E-state index contributed by atoms with van der Waals surface area (Å²) in [5.41, 5.74) is 5.85. The molecule has 4 aromatic rings. The quantitative estimate of drug-likeness (QED) is 0.508. The summed E-state index contributed by atoms with van der Waals surface area (Å²) in [5, 5.41) is 14.8. The summed E-state index contributed by atoms with van der Waals surface area (Å²) in [6, 6.07) is 13.3. The Labute approximate surface area is 158 Å². The van der Waals surface area contributed by atoms with Crippen LogP contribution in [0.4, 0.5) is 5.69 Å². The molecule has 0 saturated heterocycles. The average molecular weight is 377 g/mol. The van der Waals surface area contributed by atoms with Crippen molar-refractivity contribution < 1.29 is 9.59 Å². The lowest BCUT2D eigenvalue weighted by atomic mass is 10.0. The first-order valence-corrected chi connectivity index (χ1v) is 9.10. The van der Waals surface area contributed by atoms with E-state index < -0.39 is 0 Å². The molecule has 0 aliphatic carbocycles. The molecule has 7 nitrogen and oxygen atoms in total. The molecule has 2 aromatic carbocycles. The Balaban J connectivity index is 1.56. The van der Waals surface area contributed by atoms with Gasteiger partial charge in [-0.25, -0.2) is 4.98 Å². The summed E-state index contributed by atoms with van der Waals surface area (Å²) in [6.07, 6.45) is 0. The van der Waals surface area contributed by atoms with E-state index in [0.717, 1.165) is 22.0 Å². The molecule has 0 aliphatic rings. The second kappa shape index (κ2) is 7.00. The fraction of sp³-hybridized carbons (Fsp3) is 0.0526. The number of carbonyl (C=O) groups is 2. The highest BCUT2D eigenvalue weighted by Crippen LogP contribution is 2.26. The molecule has 0 unspecified atom stereocenters. The minimum absolute atomic E-state index is 0.228. The van der Waals surface area contributed by atoms with Crippen molar-refractivity contribution in [1.82, 2.24) is 20.5 Å². The van der Waals surface area contributed by atoms with Gasteiger partial charge in [0.25, 0.3) is 11.8 Å². The second-order valence-corrected chi connectivity index (χ2v) is 6.54. The van der Waals surface area contributed by atoms with Crippen molar-refractivity contribution in [1.29, 1.82) is 0 Å². The molecule has 2 amide bonds. The molecule has 0 atom stereocenters. The first-order chi connectivity index (χ1) is 13.2. The highest BCUT2D eigenvalue weighted by Gasteiger charge is 2.13. The molecule has 27 heavy (non-hydrogen) atoms. The number of nitrogens with zero attached hydrogens (tertiary/aromatic N) is 2. The van der Waals surface area contributed by atoms with Crippen LogP contribution in [0.5, 0.6) is 0 Å². The predicted octanol–water partition coefficient (Wildman–Crippen LogP) is 3.30. The molecule has 0 aliphatic heterocycles. The zero-order chi connectivity index (χ0) is 18.8. The number of nitrogens with one attached hydrogen (secondary N) is 3. The SMILES string of the molecule is CNC(=O)c1n[nH]c2cc(-c3ccc(NC(=O)c4cscn4)cc3)ccc12. The topological polar surface area (TPSA) is 99.8 Å². The molecule has 0 spiro atoms. The zero-order valence-electron chi connectivity index (χ0n) is 14.3. The Kier molecular flexibility index (Phi) is 4.39. The summed E-state index contributed by atoms with van der Waals surface area (Å²) in [4.78, 5) is 27.9. The third-order valence-corrected chi connectivity index (χ3v) is 4.73. The second-order valence-electron chi connectivity index (χ2n) is 5.82. The summed E-state index contributed by atoms with van der Waals surface area (Å²) in [7, 11) is 1.58. The van der Waals surface area contributed by atoms with E-state index in [1.54, 1.807) is 17.9 Å². The van der Waals surface area contributed by atoms with Crippen LogP contribution in [0.2, 0.25) is 0 Å². The number of H-pyrrole nitrogens is 1. The van der Waals surface area contributed by atoms with Crippen LogP contribution in [-0.4, -0.2) is 34.0 Å². The molecule has 3 N–H and O–H groups in total. The van der Waals surface area contributed by atoms with Crippen LogP contribution < -0.4 is 10.6 Å². The number of carbonyl (C=O) groups excluding carboxylic acids is 2. The van der Waals surface area contributed by atoms with E-state index >= 15 is 0 Å². The van der Waals surface area contributed by atoms with Crippen molar-refractivity contribution in [2.45, 2.75) is 0 Å². The standard InChI is InChI=1S/C19H15N5O2S/c1-20-19(26)17-14-7-4-12(8-15(14)23-24-17)11-2-5-13(6-3-11)22-18(25)16-9-27-10-21-16/h2-10H,1H3,(H,20,26)(H,22,25)(H,23,24). The van der Waals surface area contributed by atoms with Crippen LogP contribution in [0, 0.1) is 0 Å². The normalized spacial score (nSPS) is 10.7. The summed E-state index contributed by atoms with van der Waals surface area (Å²) < 4.78 is 0. The molecule has 0 radical (unpaired) electrons. The predicted molar refractivity (Wildman–Crippen MR) is 105 cm³/mol. The summed E-state index contributed by atoms with van der Waals surface area (Å²) in [5.74, 6) is -0.459. The fourth-order valence-corrected chi connectivity index (χ4v) is 3.29. The maximum Gasteiger partial charge on any atom is 0.275 e. The molecule has 0 saturated carbocycles. The average Bonchev–Trinajstić information content (AvgIpc) is 3.37. The van der Waals surface area contributed by atoms with Crippen LogP contribution in [0.3, 0.4) is 0 Å². The summed E-state index contributed by atoms with van der Waals surface area (Å²) in [6.45, 7) is 0. The van der Waals surface area contributed by atoms with E-state index in [9.17, 15) is 9.59 Å². The maximum absolute atomic E-state index is 12.0. The van der Waals surface area contributed by atoms with E-state index in [1.807, 2.05) is 42.5 Å². The van der Waals surface area contributed by atoms with Crippen LogP contribution in [0.15, 0.2) is 53.4 Å². The molecule has 2 heterocycles. The van der Waals surface area contributed by atoms with Gasteiger partial charge in [-0.1, -0.05) is 18.2 Å². The lowest BCUT2D eigenvalue weighted by Gasteiger charge is -2.06. The number of hydrogen-bond acceptors (Lipinski definition) is 5. The minimum atomic E-state index is -0.232. The van der Waals surface area contributed by atoms with Crippen molar-refractivity contribution in [3.05, 3.63) is 64.7 Å². The van der Waals surface area contributed by atoms with Gasteiger partial charge in [-0.2, -0.15) is 5.10 Å². The van der Waals surface area contributed by atoms with Crippen LogP contribution >= 0.6 is 11.3 Å². The van der Waals surface area contributed by atoms with E-state index in [1.165, 1.54) is 11.3 Å². The van der Waals surface area contributed by atoms with Gasteiger partial charge in [-0.15, -0.1) is 11.3 Å². The third kappa shape index (κ3) is 3.30. The molecule has 8 heteroatoms. The highest BCUT2D eigenvalue weighted by atomic mass is 32.1. The Morgan fingerprint density at radius 3 is 2.52 bits per heavy atom. The maximum atomic E-state index is 12.0.